The zero-order valence-electron chi connectivity index (χ0n) is 14.7. The lowest BCUT2D eigenvalue weighted by Crippen LogP contribution is -2.32. The Morgan fingerprint density at radius 2 is 1.62 bits per heavy atom. The molecule has 2 aromatic rings. The number of carbonyl (C=O) groups excluding carboxylic acids is 1. The van der Waals surface area contributed by atoms with Crippen LogP contribution in [0, 0.1) is 0 Å². The molecule has 1 aromatic carbocycles. The largest absolute Gasteiger partial charge is 0.333 e. The SMILES string of the molecule is CCCCCCCCN(Cc1ccccc1)C(=O)c1ccccn1. The second-order valence-electron chi connectivity index (χ2n) is 6.20. The Hall–Kier alpha value is -2.16. The fraction of sp³-hybridized carbons (Fsp3) is 0.429. The molecular formula is C21H28N2O. The third kappa shape index (κ3) is 6.15. The molecule has 1 amide bonds. The number of benzene rings is 1. The number of rotatable bonds is 10. The summed E-state index contributed by atoms with van der Waals surface area (Å²) in [7, 11) is 0. The highest BCUT2D eigenvalue weighted by Crippen LogP contribution is 2.12. The lowest BCUT2D eigenvalue weighted by Gasteiger charge is -2.22. The molecule has 128 valence electrons. The van der Waals surface area contributed by atoms with Crippen LogP contribution in [0.25, 0.3) is 0 Å². The Balaban J connectivity index is 1.95. The van der Waals surface area contributed by atoms with Crippen LogP contribution in [0.4, 0.5) is 0 Å². The number of unbranched alkanes of at least 4 members (excludes halogenated alkanes) is 5. The van der Waals surface area contributed by atoms with E-state index in [1.165, 1.54) is 32.1 Å². The molecule has 1 heterocycles. The molecule has 0 aliphatic rings. The van der Waals surface area contributed by atoms with Crippen LogP contribution in [0.5, 0.6) is 0 Å². The summed E-state index contributed by atoms with van der Waals surface area (Å²) in [6.07, 6.45) is 9.03. The number of amides is 1. The molecule has 0 radical (unpaired) electrons. The summed E-state index contributed by atoms with van der Waals surface area (Å²) in [6, 6.07) is 15.7. The number of aromatic nitrogens is 1. The second-order valence-corrected chi connectivity index (χ2v) is 6.20. The molecule has 24 heavy (non-hydrogen) atoms. The first-order chi connectivity index (χ1) is 11.8. The van der Waals surface area contributed by atoms with Gasteiger partial charge in [0.15, 0.2) is 0 Å². The molecule has 3 nitrogen and oxygen atoms in total. The zero-order chi connectivity index (χ0) is 17.0. The average Bonchev–Trinajstić information content (AvgIpc) is 2.64. The third-order valence-corrected chi connectivity index (χ3v) is 4.17. The standard InChI is InChI=1S/C21H28N2O/c1-2-3-4-5-6-12-17-23(18-19-13-8-7-9-14-19)21(24)20-15-10-11-16-22-20/h7-11,13-16H,2-6,12,17-18H2,1H3. The normalized spacial score (nSPS) is 10.5. The van der Waals surface area contributed by atoms with E-state index >= 15 is 0 Å². The van der Waals surface area contributed by atoms with E-state index < -0.39 is 0 Å². The summed E-state index contributed by atoms with van der Waals surface area (Å²) >= 11 is 0. The van der Waals surface area contributed by atoms with E-state index in [0.717, 1.165) is 18.5 Å². The fourth-order valence-corrected chi connectivity index (χ4v) is 2.79. The smallest absolute Gasteiger partial charge is 0.272 e. The molecular weight excluding hydrogens is 296 g/mol. The summed E-state index contributed by atoms with van der Waals surface area (Å²) in [4.78, 5) is 18.9. The maximum atomic E-state index is 12.8. The molecule has 0 fully saturated rings. The molecule has 2 rings (SSSR count). The maximum absolute atomic E-state index is 12.8. The maximum Gasteiger partial charge on any atom is 0.272 e. The summed E-state index contributed by atoms with van der Waals surface area (Å²) < 4.78 is 0. The molecule has 0 saturated heterocycles. The van der Waals surface area contributed by atoms with Gasteiger partial charge in [0.05, 0.1) is 0 Å². The van der Waals surface area contributed by atoms with Gasteiger partial charge in [0, 0.05) is 19.3 Å². The van der Waals surface area contributed by atoms with Gasteiger partial charge in [-0.3, -0.25) is 9.78 Å². The molecule has 1 aromatic heterocycles. The van der Waals surface area contributed by atoms with Gasteiger partial charge >= 0.3 is 0 Å². The minimum absolute atomic E-state index is 0.0213. The molecule has 0 atom stereocenters. The van der Waals surface area contributed by atoms with E-state index in [1.807, 2.05) is 35.2 Å². The van der Waals surface area contributed by atoms with E-state index in [2.05, 4.69) is 24.0 Å². The Kier molecular flexibility index (Phi) is 8.02. The van der Waals surface area contributed by atoms with E-state index in [4.69, 9.17) is 0 Å². The number of pyridine rings is 1. The number of nitrogens with zero attached hydrogens (tertiary/aromatic N) is 2. The number of hydrogen-bond acceptors (Lipinski definition) is 2. The Morgan fingerprint density at radius 3 is 2.33 bits per heavy atom. The molecule has 3 heteroatoms. The van der Waals surface area contributed by atoms with E-state index in [0.29, 0.717) is 12.2 Å². The van der Waals surface area contributed by atoms with Crippen LogP contribution in [-0.4, -0.2) is 22.3 Å². The van der Waals surface area contributed by atoms with Crippen molar-refractivity contribution < 1.29 is 4.79 Å². The lowest BCUT2D eigenvalue weighted by atomic mass is 10.1. The number of carbonyl (C=O) groups is 1. The van der Waals surface area contributed by atoms with Crippen LogP contribution in [0.1, 0.15) is 61.5 Å². The van der Waals surface area contributed by atoms with Gasteiger partial charge in [-0.25, -0.2) is 0 Å². The monoisotopic (exact) mass is 324 g/mol. The predicted molar refractivity (Wildman–Crippen MR) is 98.8 cm³/mol. The Morgan fingerprint density at radius 1 is 0.917 bits per heavy atom. The van der Waals surface area contributed by atoms with Crippen molar-refractivity contribution in [1.29, 1.82) is 0 Å². The van der Waals surface area contributed by atoms with Crippen molar-refractivity contribution in [3.05, 3.63) is 66.0 Å². The van der Waals surface area contributed by atoms with Crippen LogP contribution in [-0.2, 0) is 6.54 Å². The summed E-state index contributed by atoms with van der Waals surface area (Å²) in [5.41, 5.74) is 1.69. The summed E-state index contributed by atoms with van der Waals surface area (Å²) in [6.45, 7) is 3.66. The van der Waals surface area contributed by atoms with Crippen molar-refractivity contribution in [3.63, 3.8) is 0 Å². The highest BCUT2D eigenvalue weighted by Gasteiger charge is 2.16. The Bertz CT molecular complexity index is 583. The quantitative estimate of drug-likeness (QED) is 0.571. The lowest BCUT2D eigenvalue weighted by molar-refractivity contribution is 0.0734. The first-order valence-corrected chi connectivity index (χ1v) is 9.05. The third-order valence-electron chi connectivity index (χ3n) is 4.17. The Labute approximate surface area is 145 Å². The van der Waals surface area contributed by atoms with E-state index in [1.54, 1.807) is 12.3 Å². The second kappa shape index (κ2) is 10.6. The summed E-state index contributed by atoms with van der Waals surface area (Å²) in [5.74, 6) is 0.0213. The molecule has 0 unspecified atom stereocenters. The van der Waals surface area contributed by atoms with Gasteiger partial charge < -0.3 is 4.90 Å². The van der Waals surface area contributed by atoms with Crippen LogP contribution in [0.2, 0.25) is 0 Å². The first-order valence-electron chi connectivity index (χ1n) is 9.05. The first kappa shape index (κ1) is 18.2. The van der Waals surface area contributed by atoms with Crippen molar-refractivity contribution in [2.75, 3.05) is 6.54 Å². The van der Waals surface area contributed by atoms with Crippen LogP contribution in [0.3, 0.4) is 0 Å². The van der Waals surface area contributed by atoms with Gasteiger partial charge in [-0.05, 0) is 24.1 Å². The van der Waals surface area contributed by atoms with Gasteiger partial charge in [-0.15, -0.1) is 0 Å². The van der Waals surface area contributed by atoms with Crippen LogP contribution < -0.4 is 0 Å². The van der Waals surface area contributed by atoms with Gasteiger partial charge in [-0.2, -0.15) is 0 Å². The topological polar surface area (TPSA) is 33.2 Å². The van der Waals surface area contributed by atoms with Gasteiger partial charge in [0.2, 0.25) is 0 Å². The predicted octanol–water partition coefficient (Wildman–Crippen LogP) is 5.08. The van der Waals surface area contributed by atoms with Gasteiger partial charge in [0.1, 0.15) is 5.69 Å². The van der Waals surface area contributed by atoms with Crippen LogP contribution >= 0.6 is 0 Å². The van der Waals surface area contributed by atoms with Crippen molar-refractivity contribution in [1.82, 2.24) is 9.88 Å². The van der Waals surface area contributed by atoms with Gasteiger partial charge in [-0.1, -0.05) is 75.4 Å². The highest BCUT2D eigenvalue weighted by molar-refractivity contribution is 5.92. The molecule has 0 N–H and O–H groups in total. The van der Waals surface area contributed by atoms with Crippen molar-refractivity contribution in [2.45, 2.75) is 52.0 Å². The van der Waals surface area contributed by atoms with Crippen molar-refractivity contribution in [3.8, 4) is 0 Å². The van der Waals surface area contributed by atoms with Crippen molar-refractivity contribution in [2.24, 2.45) is 0 Å². The molecule has 0 aliphatic heterocycles. The minimum Gasteiger partial charge on any atom is -0.333 e. The van der Waals surface area contributed by atoms with E-state index in [9.17, 15) is 4.79 Å². The number of hydrogen-bond donors (Lipinski definition) is 0. The molecule has 0 saturated carbocycles. The zero-order valence-corrected chi connectivity index (χ0v) is 14.7. The highest BCUT2D eigenvalue weighted by atomic mass is 16.2. The average molecular weight is 324 g/mol. The van der Waals surface area contributed by atoms with Crippen LogP contribution in [0.15, 0.2) is 54.7 Å². The fourth-order valence-electron chi connectivity index (χ4n) is 2.79. The molecule has 0 spiro atoms. The minimum atomic E-state index is 0.0213. The molecule has 0 bridgehead atoms. The van der Waals surface area contributed by atoms with Gasteiger partial charge in [0.25, 0.3) is 5.91 Å². The molecule has 0 aliphatic carbocycles. The summed E-state index contributed by atoms with van der Waals surface area (Å²) in [5, 5.41) is 0. The van der Waals surface area contributed by atoms with Crippen molar-refractivity contribution >= 4 is 5.91 Å². The van der Waals surface area contributed by atoms with E-state index in [-0.39, 0.29) is 5.91 Å².